The standard InChI is InChI=1S/C8H7BrS/c9-8-4-2-1-3-7(8)5-6-10/h1-4,6H,5H2. The van der Waals surface area contributed by atoms with Crippen LogP contribution in [-0.2, 0) is 6.42 Å². The Hall–Kier alpha value is -0.210. The van der Waals surface area contributed by atoms with Crippen molar-refractivity contribution in [3.8, 4) is 0 Å². The van der Waals surface area contributed by atoms with Gasteiger partial charge < -0.3 is 0 Å². The van der Waals surface area contributed by atoms with Crippen molar-refractivity contribution in [1.82, 2.24) is 0 Å². The molecule has 1 aromatic rings. The van der Waals surface area contributed by atoms with Gasteiger partial charge in [0.2, 0.25) is 0 Å². The monoisotopic (exact) mass is 214 g/mol. The Bertz CT molecular complexity index is 232. The van der Waals surface area contributed by atoms with E-state index < -0.39 is 0 Å². The Balaban J connectivity index is 2.91. The maximum atomic E-state index is 4.75. The molecule has 2 heteroatoms. The summed E-state index contributed by atoms with van der Waals surface area (Å²) < 4.78 is 1.14. The highest BCUT2D eigenvalue weighted by atomic mass is 79.9. The molecule has 0 aromatic heterocycles. The summed E-state index contributed by atoms with van der Waals surface area (Å²) >= 11 is 8.18. The van der Waals surface area contributed by atoms with E-state index in [0.29, 0.717) is 0 Å². The molecule has 0 amide bonds. The lowest BCUT2D eigenvalue weighted by Gasteiger charge is -1.97. The number of hydrogen-bond donors (Lipinski definition) is 0. The summed E-state index contributed by atoms with van der Waals surface area (Å²) in [5, 5.41) is 1.74. The average molecular weight is 215 g/mol. The summed E-state index contributed by atoms with van der Waals surface area (Å²) in [6, 6.07) is 8.09. The van der Waals surface area contributed by atoms with Crippen molar-refractivity contribution in [2.75, 3.05) is 0 Å². The molecule has 0 N–H and O–H groups in total. The Morgan fingerprint density at radius 2 is 2.10 bits per heavy atom. The maximum Gasteiger partial charge on any atom is 0.0210 e. The highest BCUT2D eigenvalue weighted by Crippen LogP contribution is 2.15. The molecule has 10 heavy (non-hydrogen) atoms. The van der Waals surface area contributed by atoms with Crippen molar-refractivity contribution in [3.05, 3.63) is 34.3 Å². The molecule has 0 atom stereocenters. The van der Waals surface area contributed by atoms with Crippen molar-refractivity contribution in [2.45, 2.75) is 6.42 Å². The molecule has 0 unspecified atom stereocenters. The fourth-order valence-electron chi connectivity index (χ4n) is 0.754. The second-order valence-electron chi connectivity index (χ2n) is 1.96. The lowest BCUT2D eigenvalue weighted by molar-refractivity contribution is 1.35. The van der Waals surface area contributed by atoms with Gasteiger partial charge in [-0.15, -0.1) is 0 Å². The van der Waals surface area contributed by atoms with E-state index in [1.165, 1.54) is 5.56 Å². The van der Waals surface area contributed by atoms with E-state index in [1.54, 1.807) is 5.37 Å². The van der Waals surface area contributed by atoms with Crippen molar-refractivity contribution in [1.29, 1.82) is 0 Å². The fourth-order valence-corrected chi connectivity index (χ4v) is 1.38. The molecule has 0 bridgehead atoms. The Kier molecular flexibility index (Phi) is 3.03. The van der Waals surface area contributed by atoms with Crippen LogP contribution in [0.25, 0.3) is 0 Å². The van der Waals surface area contributed by atoms with Gasteiger partial charge in [0.25, 0.3) is 0 Å². The van der Waals surface area contributed by atoms with Gasteiger partial charge >= 0.3 is 0 Å². The highest BCUT2D eigenvalue weighted by molar-refractivity contribution is 9.10. The summed E-state index contributed by atoms with van der Waals surface area (Å²) in [6.45, 7) is 0. The zero-order chi connectivity index (χ0) is 7.40. The molecule has 0 nitrogen and oxygen atoms in total. The van der Waals surface area contributed by atoms with E-state index in [2.05, 4.69) is 22.0 Å². The fraction of sp³-hybridized carbons (Fsp3) is 0.125. The van der Waals surface area contributed by atoms with Gasteiger partial charge in [-0.3, -0.25) is 0 Å². The summed E-state index contributed by atoms with van der Waals surface area (Å²) in [5.41, 5.74) is 1.25. The molecule has 52 valence electrons. The van der Waals surface area contributed by atoms with Crippen LogP contribution in [0.4, 0.5) is 0 Å². The van der Waals surface area contributed by atoms with Gasteiger partial charge in [-0.2, -0.15) is 0 Å². The lowest BCUT2D eigenvalue weighted by Crippen LogP contribution is -1.84. The first kappa shape index (κ1) is 7.89. The summed E-state index contributed by atoms with van der Waals surface area (Å²) in [7, 11) is 0. The Labute approximate surface area is 74.4 Å². The molecule has 0 spiro atoms. The second-order valence-corrected chi connectivity index (χ2v) is 3.15. The summed E-state index contributed by atoms with van der Waals surface area (Å²) in [4.78, 5) is 0. The Morgan fingerprint density at radius 1 is 1.40 bits per heavy atom. The van der Waals surface area contributed by atoms with Gasteiger partial charge in [-0.25, -0.2) is 0 Å². The van der Waals surface area contributed by atoms with Crippen LogP contribution in [0.15, 0.2) is 28.7 Å². The average Bonchev–Trinajstić information content (AvgIpc) is 1.94. The van der Waals surface area contributed by atoms with E-state index in [1.807, 2.05) is 18.2 Å². The Morgan fingerprint density at radius 3 is 2.70 bits per heavy atom. The topological polar surface area (TPSA) is 0 Å². The van der Waals surface area contributed by atoms with Crippen LogP contribution in [0.2, 0.25) is 0 Å². The largest absolute Gasteiger partial charge is 0.0931 e. The molecule has 0 aliphatic rings. The van der Waals surface area contributed by atoms with Crippen LogP contribution in [0, 0.1) is 0 Å². The molecule has 0 fully saturated rings. The molecule has 1 rings (SSSR count). The summed E-state index contributed by atoms with van der Waals surface area (Å²) in [5.74, 6) is 0. The van der Waals surface area contributed by atoms with Gasteiger partial charge in [0.1, 0.15) is 0 Å². The zero-order valence-electron chi connectivity index (χ0n) is 5.38. The molecular weight excluding hydrogens is 208 g/mol. The highest BCUT2D eigenvalue weighted by Gasteiger charge is 1.93. The van der Waals surface area contributed by atoms with E-state index in [-0.39, 0.29) is 0 Å². The molecular formula is C8H7BrS. The SMILES string of the molecule is S=CCc1ccccc1Br. The predicted molar refractivity (Wildman–Crippen MR) is 51.5 cm³/mol. The first-order valence-corrected chi connectivity index (χ1v) is 4.28. The lowest BCUT2D eigenvalue weighted by atomic mass is 10.2. The minimum absolute atomic E-state index is 0.858. The van der Waals surface area contributed by atoms with Gasteiger partial charge in [-0.05, 0) is 17.0 Å². The van der Waals surface area contributed by atoms with E-state index in [4.69, 9.17) is 12.2 Å². The van der Waals surface area contributed by atoms with Gasteiger partial charge in [-0.1, -0.05) is 46.3 Å². The van der Waals surface area contributed by atoms with Gasteiger partial charge in [0, 0.05) is 10.9 Å². The van der Waals surface area contributed by atoms with Crippen molar-refractivity contribution in [2.24, 2.45) is 0 Å². The predicted octanol–water partition coefficient (Wildman–Crippen LogP) is 2.99. The molecule has 0 saturated heterocycles. The van der Waals surface area contributed by atoms with Crippen LogP contribution in [-0.4, -0.2) is 5.37 Å². The van der Waals surface area contributed by atoms with Crippen molar-refractivity contribution < 1.29 is 0 Å². The molecule has 0 heterocycles. The molecule has 1 aromatic carbocycles. The molecule has 0 aliphatic heterocycles. The van der Waals surface area contributed by atoms with Crippen molar-refractivity contribution in [3.63, 3.8) is 0 Å². The van der Waals surface area contributed by atoms with Crippen LogP contribution in [0.1, 0.15) is 5.56 Å². The summed E-state index contributed by atoms with van der Waals surface area (Å²) in [6.07, 6.45) is 0.858. The third-order valence-corrected chi connectivity index (χ3v) is 2.20. The second kappa shape index (κ2) is 3.84. The molecule has 0 radical (unpaired) electrons. The quantitative estimate of drug-likeness (QED) is 0.683. The maximum absolute atomic E-state index is 4.75. The van der Waals surface area contributed by atoms with Crippen LogP contribution in [0.3, 0.4) is 0 Å². The van der Waals surface area contributed by atoms with Crippen LogP contribution < -0.4 is 0 Å². The number of thiocarbonyl (C=S) groups is 1. The van der Waals surface area contributed by atoms with E-state index in [9.17, 15) is 0 Å². The minimum Gasteiger partial charge on any atom is -0.0931 e. The third kappa shape index (κ3) is 1.89. The first-order chi connectivity index (χ1) is 4.84. The number of rotatable bonds is 2. The van der Waals surface area contributed by atoms with Crippen LogP contribution in [0.5, 0.6) is 0 Å². The molecule has 0 saturated carbocycles. The van der Waals surface area contributed by atoms with Crippen molar-refractivity contribution >= 4 is 33.5 Å². The van der Waals surface area contributed by atoms with Gasteiger partial charge in [0.15, 0.2) is 0 Å². The molecule has 0 aliphatic carbocycles. The normalized spacial score (nSPS) is 9.30. The third-order valence-electron chi connectivity index (χ3n) is 1.26. The minimum atomic E-state index is 0.858. The van der Waals surface area contributed by atoms with E-state index in [0.717, 1.165) is 10.9 Å². The number of halogens is 1. The smallest absolute Gasteiger partial charge is 0.0210 e. The van der Waals surface area contributed by atoms with E-state index >= 15 is 0 Å². The number of hydrogen-bond acceptors (Lipinski definition) is 1. The van der Waals surface area contributed by atoms with Gasteiger partial charge in [0.05, 0.1) is 0 Å². The number of benzene rings is 1. The first-order valence-electron chi connectivity index (χ1n) is 3.01. The van der Waals surface area contributed by atoms with Crippen LogP contribution >= 0.6 is 28.1 Å². The zero-order valence-corrected chi connectivity index (χ0v) is 7.78.